The maximum absolute atomic E-state index is 5.57. The normalized spacial score (nSPS) is 9.71. The Labute approximate surface area is 87.2 Å². The van der Waals surface area contributed by atoms with Crippen LogP contribution < -0.4 is 4.74 Å². The highest BCUT2D eigenvalue weighted by atomic mass is 32.1. The minimum Gasteiger partial charge on any atom is -0.454 e. The predicted molar refractivity (Wildman–Crippen MR) is 58.1 cm³/mol. The number of hydrogen-bond donors (Lipinski definition) is 1. The first-order valence-corrected chi connectivity index (χ1v) is 4.67. The zero-order chi connectivity index (χ0) is 9.80. The number of rotatable bonds is 2. The number of H-pyrrole nitrogens is 1. The van der Waals surface area contributed by atoms with Gasteiger partial charge in [-0.3, -0.25) is 0 Å². The van der Waals surface area contributed by atoms with Crippen LogP contribution in [0.1, 0.15) is 0 Å². The van der Waals surface area contributed by atoms with Crippen molar-refractivity contribution in [1.82, 2.24) is 4.98 Å². The van der Waals surface area contributed by atoms with Gasteiger partial charge >= 0.3 is 0 Å². The standard InChI is InChI=1S/C11H9NOS/c14-11-6-7-12-8-10(11)13-9-4-2-1-3-5-9/h1-8H,(H,12,14). The maximum Gasteiger partial charge on any atom is 0.161 e. The second-order valence-electron chi connectivity index (χ2n) is 2.79. The Hall–Kier alpha value is -1.61. The van der Waals surface area contributed by atoms with Crippen LogP contribution in [-0.2, 0) is 0 Å². The van der Waals surface area contributed by atoms with Crippen molar-refractivity contribution < 1.29 is 4.74 Å². The van der Waals surface area contributed by atoms with Crippen LogP contribution in [0.2, 0.25) is 0 Å². The second-order valence-corrected chi connectivity index (χ2v) is 3.23. The fraction of sp³-hybridized carbons (Fsp3) is 0. The van der Waals surface area contributed by atoms with Gasteiger partial charge in [-0.25, -0.2) is 0 Å². The molecule has 0 radical (unpaired) electrons. The fourth-order valence-corrected chi connectivity index (χ4v) is 1.26. The predicted octanol–water partition coefficient (Wildman–Crippen LogP) is 3.54. The fourth-order valence-electron chi connectivity index (χ4n) is 1.10. The van der Waals surface area contributed by atoms with E-state index in [2.05, 4.69) is 4.98 Å². The molecule has 0 atom stereocenters. The lowest BCUT2D eigenvalue weighted by Crippen LogP contribution is -1.84. The molecule has 14 heavy (non-hydrogen) atoms. The molecule has 1 aromatic heterocycles. The van der Waals surface area contributed by atoms with E-state index in [0.29, 0.717) is 10.3 Å². The summed E-state index contributed by atoms with van der Waals surface area (Å²) >= 11 is 5.11. The van der Waals surface area contributed by atoms with E-state index in [4.69, 9.17) is 17.0 Å². The molecular formula is C11H9NOS. The third-order valence-corrected chi connectivity index (χ3v) is 2.10. The van der Waals surface area contributed by atoms with Gasteiger partial charge in [0.05, 0.1) is 4.51 Å². The van der Waals surface area contributed by atoms with Crippen LogP contribution >= 0.6 is 12.2 Å². The summed E-state index contributed by atoms with van der Waals surface area (Å²) in [5, 5.41) is 0. The number of benzene rings is 1. The Kier molecular flexibility index (Phi) is 2.60. The van der Waals surface area contributed by atoms with Gasteiger partial charge in [0.2, 0.25) is 0 Å². The molecule has 1 heterocycles. The number of ether oxygens (including phenoxy) is 1. The SMILES string of the molecule is S=c1cc[nH]cc1Oc1ccccc1. The van der Waals surface area contributed by atoms with Crippen LogP contribution in [0.25, 0.3) is 0 Å². The van der Waals surface area contributed by atoms with E-state index in [1.165, 1.54) is 0 Å². The lowest BCUT2D eigenvalue weighted by atomic mass is 10.3. The summed E-state index contributed by atoms with van der Waals surface area (Å²) < 4.78 is 6.28. The van der Waals surface area contributed by atoms with E-state index < -0.39 is 0 Å². The van der Waals surface area contributed by atoms with Gasteiger partial charge in [-0.15, -0.1) is 0 Å². The molecule has 1 aromatic carbocycles. The minimum absolute atomic E-state index is 0.675. The first-order valence-electron chi connectivity index (χ1n) is 4.26. The second kappa shape index (κ2) is 4.07. The van der Waals surface area contributed by atoms with Gasteiger partial charge in [0.25, 0.3) is 0 Å². The minimum atomic E-state index is 0.675. The van der Waals surface area contributed by atoms with Crippen LogP contribution in [-0.4, -0.2) is 4.98 Å². The smallest absolute Gasteiger partial charge is 0.161 e. The number of aromatic amines is 1. The topological polar surface area (TPSA) is 25.0 Å². The van der Waals surface area contributed by atoms with Crippen molar-refractivity contribution in [3.63, 3.8) is 0 Å². The monoisotopic (exact) mass is 203 g/mol. The van der Waals surface area contributed by atoms with E-state index >= 15 is 0 Å². The Balaban J connectivity index is 2.28. The molecule has 0 spiro atoms. The van der Waals surface area contributed by atoms with Crippen molar-refractivity contribution in [3.8, 4) is 11.5 Å². The van der Waals surface area contributed by atoms with E-state index in [1.54, 1.807) is 18.5 Å². The van der Waals surface area contributed by atoms with E-state index in [9.17, 15) is 0 Å². The summed E-state index contributed by atoms with van der Waals surface area (Å²) in [5.41, 5.74) is 0. The Morgan fingerprint density at radius 3 is 2.57 bits per heavy atom. The third-order valence-electron chi connectivity index (χ3n) is 1.76. The number of aromatic nitrogens is 1. The van der Waals surface area contributed by atoms with Crippen molar-refractivity contribution in [2.45, 2.75) is 0 Å². The van der Waals surface area contributed by atoms with Gasteiger partial charge in [0, 0.05) is 12.4 Å². The zero-order valence-corrected chi connectivity index (χ0v) is 8.25. The summed E-state index contributed by atoms with van der Waals surface area (Å²) in [4.78, 5) is 2.93. The van der Waals surface area contributed by atoms with E-state index in [0.717, 1.165) is 5.75 Å². The van der Waals surface area contributed by atoms with E-state index in [-0.39, 0.29) is 0 Å². The molecule has 2 nitrogen and oxygen atoms in total. The quantitative estimate of drug-likeness (QED) is 0.755. The van der Waals surface area contributed by atoms with Gasteiger partial charge in [0.1, 0.15) is 5.75 Å². The molecule has 0 amide bonds. The van der Waals surface area contributed by atoms with Crippen molar-refractivity contribution in [3.05, 3.63) is 53.3 Å². The summed E-state index contributed by atoms with van der Waals surface area (Å²) in [7, 11) is 0. The highest BCUT2D eigenvalue weighted by molar-refractivity contribution is 7.71. The highest BCUT2D eigenvalue weighted by Gasteiger charge is 1.96. The molecule has 0 saturated heterocycles. The first kappa shape index (κ1) is 8.97. The number of hydrogen-bond acceptors (Lipinski definition) is 2. The average molecular weight is 203 g/mol. The van der Waals surface area contributed by atoms with Crippen molar-refractivity contribution in [2.24, 2.45) is 0 Å². The third kappa shape index (κ3) is 2.00. The molecule has 0 saturated carbocycles. The molecule has 1 N–H and O–H groups in total. The first-order chi connectivity index (χ1) is 6.86. The lowest BCUT2D eigenvalue weighted by molar-refractivity contribution is 0.478. The summed E-state index contributed by atoms with van der Waals surface area (Å²) in [5.74, 6) is 1.46. The van der Waals surface area contributed by atoms with Crippen molar-refractivity contribution >= 4 is 12.2 Å². The summed E-state index contributed by atoms with van der Waals surface area (Å²) in [6.07, 6.45) is 3.52. The molecule has 0 fully saturated rings. The van der Waals surface area contributed by atoms with Crippen molar-refractivity contribution in [2.75, 3.05) is 0 Å². The Morgan fingerprint density at radius 2 is 1.86 bits per heavy atom. The number of para-hydroxylation sites is 1. The maximum atomic E-state index is 5.57. The van der Waals surface area contributed by atoms with Gasteiger partial charge in [-0.05, 0) is 18.2 Å². The molecule has 2 aromatic rings. The van der Waals surface area contributed by atoms with Crippen LogP contribution in [0.3, 0.4) is 0 Å². The molecule has 0 unspecified atom stereocenters. The van der Waals surface area contributed by atoms with Crippen LogP contribution in [0, 0.1) is 4.51 Å². The summed E-state index contributed by atoms with van der Waals surface area (Å²) in [6, 6.07) is 11.4. The molecular weight excluding hydrogens is 194 g/mol. The Bertz CT molecular complexity index is 464. The largest absolute Gasteiger partial charge is 0.454 e. The molecule has 0 aliphatic rings. The van der Waals surface area contributed by atoms with Crippen molar-refractivity contribution in [1.29, 1.82) is 0 Å². The van der Waals surface area contributed by atoms with Crippen LogP contribution in [0.15, 0.2) is 48.8 Å². The average Bonchev–Trinajstić information content (AvgIpc) is 2.23. The van der Waals surface area contributed by atoms with Gasteiger partial charge in [-0.2, -0.15) is 0 Å². The summed E-state index contributed by atoms with van der Waals surface area (Å²) in [6.45, 7) is 0. The Morgan fingerprint density at radius 1 is 1.07 bits per heavy atom. The molecule has 0 bridgehead atoms. The molecule has 70 valence electrons. The zero-order valence-electron chi connectivity index (χ0n) is 7.44. The van der Waals surface area contributed by atoms with E-state index in [1.807, 2.05) is 30.3 Å². The van der Waals surface area contributed by atoms with Gasteiger partial charge < -0.3 is 9.72 Å². The molecule has 0 aliphatic carbocycles. The number of pyridine rings is 1. The van der Waals surface area contributed by atoms with Crippen LogP contribution in [0.4, 0.5) is 0 Å². The molecule has 2 rings (SSSR count). The lowest BCUT2D eigenvalue weighted by Gasteiger charge is -2.04. The van der Waals surface area contributed by atoms with Gasteiger partial charge in [0.15, 0.2) is 5.75 Å². The molecule has 0 aliphatic heterocycles. The highest BCUT2D eigenvalue weighted by Crippen LogP contribution is 2.20. The van der Waals surface area contributed by atoms with Gasteiger partial charge in [-0.1, -0.05) is 30.4 Å². The molecule has 3 heteroatoms. The van der Waals surface area contributed by atoms with Crippen LogP contribution in [0.5, 0.6) is 11.5 Å². The number of nitrogens with one attached hydrogen (secondary N) is 1.